The maximum Gasteiger partial charge on any atom is 0.293 e. The molecule has 1 aliphatic rings. The van der Waals surface area contributed by atoms with Crippen LogP contribution in [0.5, 0.6) is 11.5 Å². The average Bonchev–Trinajstić information content (AvgIpc) is 3.43. The number of nitrogens with zero attached hydrogens (tertiary/aromatic N) is 2. The van der Waals surface area contributed by atoms with Gasteiger partial charge in [-0.1, -0.05) is 0 Å². The minimum atomic E-state index is -0.333. The molecule has 2 amide bonds. The lowest BCUT2D eigenvalue weighted by Gasteiger charge is -2.25. The van der Waals surface area contributed by atoms with Crippen molar-refractivity contribution in [2.24, 2.45) is 0 Å². The van der Waals surface area contributed by atoms with Crippen molar-refractivity contribution in [3.8, 4) is 11.5 Å². The number of furan rings is 1. The Bertz CT molecular complexity index is 1080. The highest BCUT2D eigenvalue weighted by Crippen LogP contribution is 2.30. The number of hydrogen-bond donors (Lipinski definition) is 2. The van der Waals surface area contributed by atoms with Gasteiger partial charge in [0.05, 0.1) is 38.4 Å². The minimum absolute atomic E-state index is 0.136. The Hall–Kier alpha value is -3.37. The summed E-state index contributed by atoms with van der Waals surface area (Å²) in [6.07, 6.45) is 2.16. The zero-order chi connectivity index (χ0) is 21.8. The van der Waals surface area contributed by atoms with Gasteiger partial charge in [-0.2, -0.15) is 0 Å². The van der Waals surface area contributed by atoms with Gasteiger partial charge in [-0.3, -0.25) is 19.8 Å². The van der Waals surface area contributed by atoms with E-state index in [0.29, 0.717) is 41.8 Å². The molecule has 0 radical (unpaired) electrons. The number of benzene rings is 1. The van der Waals surface area contributed by atoms with Crippen LogP contribution >= 0.6 is 11.3 Å². The van der Waals surface area contributed by atoms with E-state index in [1.807, 2.05) is 4.90 Å². The SMILES string of the molecule is COc1ccc(NC(=O)CN2CCc3nc(NC(=O)c4ccco4)sc3C2)c(OC)c1. The number of aromatic nitrogens is 1. The molecule has 0 aliphatic carbocycles. The molecule has 162 valence electrons. The molecule has 2 N–H and O–H groups in total. The largest absolute Gasteiger partial charge is 0.497 e. The van der Waals surface area contributed by atoms with E-state index >= 15 is 0 Å². The van der Waals surface area contributed by atoms with E-state index in [-0.39, 0.29) is 24.1 Å². The molecule has 0 fully saturated rings. The van der Waals surface area contributed by atoms with E-state index in [9.17, 15) is 9.59 Å². The molecular weight excluding hydrogens is 420 g/mol. The number of hydrogen-bond acceptors (Lipinski definition) is 8. The molecule has 1 aromatic carbocycles. The van der Waals surface area contributed by atoms with Crippen LogP contribution in [0.25, 0.3) is 0 Å². The molecule has 0 saturated carbocycles. The normalized spacial score (nSPS) is 13.4. The number of thiazole rings is 1. The fraction of sp³-hybridized carbons (Fsp3) is 0.286. The van der Waals surface area contributed by atoms with Gasteiger partial charge in [0.2, 0.25) is 5.91 Å². The minimum Gasteiger partial charge on any atom is -0.497 e. The summed E-state index contributed by atoms with van der Waals surface area (Å²) >= 11 is 1.41. The summed E-state index contributed by atoms with van der Waals surface area (Å²) < 4.78 is 15.6. The zero-order valence-electron chi connectivity index (χ0n) is 17.1. The van der Waals surface area contributed by atoms with E-state index in [0.717, 1.165) is 10.6 Å². The smallest absolute Gasteiger partial charge is 0.293 e. The Balaban J connectivity index is 1.35. The summed E-state index contributed by atoms with van der Waals surface area (Å²) in [4.78, 5) is 32.3. The van der Waals surface area contributed by atoms with Gasteiger partial charge in [-0.15, -0.1) is 11.3 Å². The van der Waals surface area contributed by atoms with Crippen LogP contribution in [-0.2, 0) is 17.8 Å². The van der Waals surface area contributed by atoms with Gasteiger partial charge in [0.25, 0.3) is 5.91 Å². The molecule has 2 aromatic heterocycles. The second-order valence-electron chi connectivity index (χ2n) is 6.90. The maximum atomic E-state index is 12.6. The highest BCUT2D eigenvalue weighted by Gasteiger charge is 2.23. The first-order valence-corrected chi connectivity index (χ1v) is 10.4. The highest BCUT2D eigenvalue weighted by atomic mass is 32.1. The number of anilines is 2. The fourth-order valence-electron chi connectivity index (χ4n) is 3.30. The van der Waals surface area contributed by atoms with Crippen molar-refractivity contribution in [3.05, 3.63) is 52.9 Å². The number of ether oxygens (including phenoxy) is 2. The molecule has 31 heavy (non-hydrogen) atoms. The molecule has 9 nitrogen and oxygen atoms in total. The Kier molecular flexibility index (Phi) is 6.19. The van der Waals surface area contributed by atoms with Crippen molar-refractivity contribution < 1.29 is 23.5 Å². The predicted octanol–water partition coefficient (Wildman–Crippen LogP) is 3.00. The van der Waals surface area contributed by atoms with E-state index in [2.05, 4.69) is 15.6 Å². The third-order valence-electron chi connectivity index (χ3n) is 4.83. The molecule has 10 heteroatoms. The molecule has 0 saturated heterocycles. The lowest BCUT2D eigenvalue weighted by Crippen LogP contribution is -2.36. The summed E-state index contributed by atoms with van der Waals surface area (Å²) in [5.74, 6) is 0.954. The molecular formula is C21H22N4O5S. The fourth-order valence-corrected chi connectivity index (χ4v) is 4.34. The van der Waals surface area contributed by atoms with Crippen LogP contribution in [-0.4, -0.2) is 49.0 Å². The van der Waals surface area contributed by atoms with Gasteiger partial charge in [-0.25, -0.2) is 4.98 Å². The van der Waals surface area contributed by atoms with Crippen LogP contribution in [0.15, 0.2) is 41.0 Å². The van der Waals surface area contributed by atoms with Crippen LogP contribution in [0.3, 0.4) is 0 Å². The Morgan fingerprint density at radius 2 is 2.10 bits per heavy atom. The van der Waals surface area contributed by atoms with Crippen LogP contribution in [0.1, 0.15) is 21.1 Å². The quantitative estimate of drug-likeness (QED) is 0.579. The molecule has 0 atom stereocenters. The summed E-state index contributed by atoms with van der Waals surface area (Å²) in [5, 5.41) is 6.18. The lowest BCUT2D eigenvalue weighted by molar-refractivity contribution is -0.117. The Morgan fingerprint density at radius 1 is 1.23 bits per heavy atom. The molecule has 3 aromatic rings. The number of amides is 2. The highest BCUT2D eigenvalue weighted by molar-refractivity contribution is 7.15. The van der Waals surface area contributed by atoms with Gasteiger partial charge in [0.15, 0.2) is 10.9 Å². The number of nitrogens with one attached hydrogen (secondary N) is 2. The topological polar surface area (TPSA) is 106 Å². The molecule has 0 unspecified atom stereocenters. The third-order valence-corrected chi connectivity index (χ3v) is 5.82. The first-order chi connectivity index (χ1) is 15.1. The Labute approximate surface area is 183 Å². The van der Waals surface area contributed by atoms with Gasteiger partial charge < -0.3 is 19.2 Å². The second-order valence-corrected chi connectivity index (χ2v) is 7.98. The van der Waals surface area contributed by atoms with Crippen molar-refractivity contribution in [2.45, 2.75) is 13.0 Å². The Morgan fingerprint density at radius 3 is 2.84 bits per heavy atom. The van der Waals surface area contributed by atoms with Crippen LogP contribution < -0.4 is 20.1 Å². The number of fused-ring (bicyclic) bond motifs is 1. The first kappa shape index (κ1) is 20.9. The predicted molar refractivity (Wildman–Crippen MR) is 116 cm³/mol. The van der Waals surface area contributed by atoms with Gasteiger partial charge >= 0.3 is 0 Å². The van der Waals surface area contributed by atoms with Gasteiger partial charge in [0.1, 0.15) is 11.5 Å². The first-order valence-electron chi connectivity index (χ1n) is 9.63. The number of carbonyl (C=O) groups is 2. The third kappa shape index (κ3) is 4.86. The van der Waals surface area contributed by atoms with Crippen molar-refractivity contribution in [3.63, 3.8) is 0 Å². The number of methoxy groups -OCH3 is 2. The second kappa shape index (κ2) is 9.19. The standard InChI is InChI=1S/C21H22N4O5S/c1-28-13-5-6-14(17(10-13)29-2)22-19(26)12-25-8-7-15-18(11-25)31-21(23-15)24-20(27)16-4-3-9-30-16/h3-6,9-10H,7-8,11-12H2,1-2H3,(H,22,26)(H,23,24,27). The molecule has 0 bridgehead atoms. The average molecular weight is 442 g/mol. The van der Waals surface area contributed by atoms with Crippen LogP contribution in [0, 0.1) is 0 Å². The van der Waals surface area contributed by atoms with E-state index < -0.39 is 0 Å². The summed E-state index contributed by atoms with van der Waals surface area (Å²) in [6, 6.07) is 8.49. The summed E-state index contributed by atoms with van der Waals surface area (Å²) in [5.41, 5.74) is 1.54. The monoisotopic (exact) mass is 442 g/mol. The number of rotatable bonds is 7. The summed E-state index contributed by atoms with van der Waals surface area (Å²) in [6.45, 7) is 1.53. The zero-order valence-corrected chi connectivity index (χ0v) is 18.0. The molecule has 0 spiro atoms. The van der Waals surface area contributed by atoms with Crippen molar-refractivity contribution in [1.82, 2.24) is 9.88 Å². The van der Waals surface area contributed by atoms with E-state index in [4.69, 9.17) is 13.9 Å². The molecule has 1 aliphatic heterocycles. The van der Waals surface area contributed by atoms with Gasteiger partial charge in [-0.05, 0) is 24.3 Å². The van der Waals surface area contributed by atoms with Crippen molar-refractivity contribution in [1.29, 1.82) is 0 Å². The molecule has 4 rings (SSSR count). The maximum absolute atomic E-state index is 12.6. The van der Waals surface area contributed by atoms with Crippen LogP contribution in [0.4, 0.5) is 10.8 Å². The van der Waals surface area contributed by atoms with Crippen LogP contribution in [0.2, 0.25) is 0 Å². The summed E-state index contributed by atoms with van der Waals surface area (Å²) in [7, 11) is 3.12. The van der Waals surface area contributed by atoms with E-state index in [1.165, 1.54) is 17.6 Å². The molecule has 3 heterocycles. The van der Waals surface area contributed by atoms with Gasteiger partial charge in [0, 0.05) is 30.5 Å². The van der Waals surface area contributed by atoms with Crippen molar-refractivity contribution >= 4 is 34.0 Å². The van der Waals surface area contributed by atoms with Crippen molar-refractivity contribution in [2.75, 3.05) is 37.9 Å². The number of carbonyl (C=O) groups excluding carboxylic acids is 2. The lowest BCUT2D eigenvalue weighted by atomic mass is 10.2. The van der Waals surface area contributed by atoms with E-state index in [1.54, 1.807) is 44.6 Å².